The van der Waals surface area contributed by atoms with Gasteiger partial charge >= 0.3 is 5.97 Å². The number of nitrogens with one attached hydrogen (secondary N) is 1. The number of amides is 2. The summed E-state index contributed by atoms with van der Waals surface area (Å²) in [6, 6.07) is 22.9. The molecule has 0 spiro atoms. The second-order valence-electron chi connectivity index (χ2n) is 7.71. The standard InChI is InChI=1S/C25H24N2O4/c1-17(18-8-3-2-4-9-18)26-23(28)16-31-25(30)20-14-24(29)27(15-20)22-13-7-11-19-10-5-6-12-21(19)22/h2-13,17,20H,14-16H2,1H3,(H,26,28)/t17-,20-/m0/s1. The van der Waals surface area contributed by atoms with Gasteiger partial charge in [-0.15, -0.1) is 0 Å². The number of carbonyl (C=O) groups excluding carboxylic acids is 3. The number of hydrogen-bond acceptors (Lipinski definition) is 4. The van der Waals surface area contributed by atoms with E-state index in [4.69, 9.17) is 4.74 Å². The number of benzene rings is 3. The maximum atomic E-state index is 12.6. The van der Waals surface area contributed by atoms with Gasteiger partial charge in [0.1, 0.15) is 0 Å². The Hall–Kier alpha value is -3.67. The van der Waals surface area contributed by atoms with Gasteiger partial charge in [0.25, 0.3) is 5.91 Å². The molecule has 2 amide bonds. The quantitative estimate of drug-likeness (QED) is 0.623. The summed E-state index contributed by atoms with van der Waals surface area (Å²) in [7, 11) is 0. The van der Waals surface area contributed by atoms with Gasteiger partial charge in [-0.3, -0.25) is 14.4 Å². The molecule has 1 aliphatic rings. The van der Waals surface area contributed by atoms with Crippen molar-refractivity contribution < 1.29 is 19.1 Å². The Morgan fingerprint density at radius 1 is 1.03 bits per heavy atom. The Morgan fingerprint density at radius 2 is 1.74 bits per heavy atom. The summed E-state index contributed by atoms with van der Waals surface area (Å²) in [6.07, 6.45) is 0.0735. The molecule has 1 aliphatic heterocycles. The monoisotopic (exact) mass is 416 g/mol. The van der Waals surface area contributed by atoms with Crippen molar-refractivity contribution in [2.24, 2.45) is 5.92 Å². The van der Waals surface area contributed by atoms with E-state index in [0.29, 0.717) is 0 Å². The lowest BCUT2D eigenvalue weighted by Crippen LogP contribution is -2.32. The van der Waals surface area contributed by atoms with E-state index in [-0.39, 0.29) is 37.4 Å². The molecule has 31 heavy (non-hydrogen) atoms. The number of nitrogens with zero attached hydrogens (tertiary/aromatic N) is 1. The topological polar surface area (TPSA) is 75.7 Å². The third-order valence-corrected chi connectivity index (χ3v) is 5.54. The molecular formula is C25H24N2O4. The van der Waals surface area contributed by atoms with Crippen LogP contribution >= 0.6 is 0 Å². The molecule has 0 aromatic heterocycles. The molecule has 1 N–H and O–H groups in total. The van der Waals surface area contributed by atoms with Crippen molar-refractivity contribution in [3.05, 3.63) is 78.4 Å². The molecule has 0 radical (unpaired) electrons. The molecular weight excluding hydrogens is 392 g/mol. The molecule has 0 aliphatic carbocycles. The highest BCUT2D eigenvalue weighted by Gasteiger charge is 2.37. The van der Waals surface area contributed by atoms with Crippen LogP contribution in [0.15, 0.2) is 72.8 Å². The summed E-state index contributed by atoms with van der Waals surface area (Å²) in [6.45, 7) is 1.75. The van der Waals surface area contributed by atoms with Crippen molar-refractivity contribution in [1.29, 1.82) is 0 Å². The van der Waals surface area contributed by atoms with Crippen LogP contribution < -0.4 is 10.2 Å². The van der Waals surface area contributed by atoms with Crippen LogP contribution in [0.2, 0.25) is 0 Å². The van der Waals surface area contributed by atoms with Gasteiger partial charge in [-0.1, -0.05) is 66.7 Å². The van der Waals surface area contributed by atoms with Crippen LogP contribution in [0, 0.1) is 5.92 Å². The second kappa shape index (κ2) is 9.00. The van der Waals surface area contributed by atoms with Crippen molar-refractivity contribution in [3.8, 4) is 0 Å². The highest BCUT2D eigenvalue weighted by Crippen LogP contribution is 2.32. The zero-order valence-electron chi connectivity index (χ0n) is 17.3. The molecule has 0 bridgehead atoms. The summed E-state index contributed by atoms with van der Waals surface area (Å²) >= 11 is 0. The van der Waals surface area contributed by atoms with Crippen LogP contribution in [0.25, 0.3) is 10.8 Å². The van der Waals surface area contributed by atoms with Crippen LogP contribution in [0.3, 0.4) is 0 Å². The molecule has 1 fully saturated rings. The van der Waals surface area contributed by atoms with Gasteiger partial charge in [-0.2, -0.15) is 0 Å². The lowest BCUT2D eigenvalue weighted by molar-refractivity contribution is -0.152. The summed E-state index contributed by atoms with van der Waals surface area (Å²) < 4.78 is 5.21. The number of hydrogen-bond donors (Lipinski definition) is 1. The van der Waals surface area contributed by atoms with Gasteiger partial charge in [0.2, 0.25) is 5.91 Å². The Labute approximate surface area is 180 Å². The van der Waals surface area contributed by atoms with Crippen molar-refractivity contribution in [2.45, 2.75) is 19.4 Å². The van der Waals surface area contributed by atoms with E-state index < -0.39 is 11.9 Å². The van der Waals surface area contributed by atoms with Crippen LogP contribution in [0.1, 0.15) is 24.9 Å². The minimum Gasteiger partial charge on any atom is -0.455 e. The average Bonchev–Trinajstić information content (AvgIpc) is 3.19. The predicted molar refractivity (Wildman–Crippen MR) is 118 cm³/mol. The molecule has 158 valence electrons. The zero-order chi connectivity index (χ0) is 21.8. The molecule has 1 heterocycles. The first-order valence-electron chi connectivity index (χ1n) is 10.3. The minimum absolute atomic E-state index is 0.0735. The third kappa shape index (κ3) is 4.58. The van der Waals surface area contributed by atoms with E-state index in [2.05, 4.69) is 5.32 Å². The first-order chi connectivity index (χ1) is 15.0. The minimum atomic E-state index is -0.592. The highest BCUT2D eigenvalue weighted by atomic mass is 16.5. The molecule has 0 saturated carbocycles. The van der Waals surface area contributed by atoms with Gasteiger partial charge in [-0.25, -0.2) is 0 Å². The van der Waals surface area contributed by atoms with Gasteiger partial charge in [0.05, 0.1) is 17.6 Å². The smallest absolute Gasteiger partial charge is 0.311 e. The second-order valence-corrected chi connectivity index (χ2v) is 7.71. The maximum Gasteiger partial charge on any atom is 0.311 e. The molecule has 6 nitrogen and oxygen atoms in total. The first kappa shape index (κ1) is 20.6. The third-order valence-electron chi connectivity index (χ3n) is 5.54. The Morgan fingerprint density at radius 3 is 2.55 bits per heavy atom. The average molecular weight is 416 g/mol. The van der Waals surface area contributed by atoms with Gasteiger partial charge < -0.3 is 15.0 Å². The molecule has 2 atom stereocenters. The fourth-order valence-corrected chi connectivity index (χ4v) is 3.90. The number of ether oxygens (including phenoxy) is 1. The van der Waals surface area contributed by atoms with Crippen molar-refractivity contribution in [3.63, 3.8) is 0 Å². The van der Waals surface area contributed by atoms with Gasteiger partial charge in [0, 0.05) is 18.4 Å². The molecule has 1 saturated heterocycles. The van der Waals surface area contributed by atoms with Crippen LogP contribution in [-0.2, 0) is 19.1 Å². The summed E-state index contributed by atoms with van der Waals surface area (Å²) in [5.41, 5.74) is 1.75. The van der Waals surface area contributed by atoms with Gasteiger partial charge in [0.15, 0.2) is 6.61 Å². The zero-order valence-corrected chi connectivity index (χ0v) is 17.3. The normalized spacial score (nSPS) is 16.9. The summed E-state index contributed by atoms with van der Waals surface area (Å²) in [5.74, 6) is -1.62. The number of anilines is 1. The lowest BCUT2D eigenvalue weighted by Gasteiger charge is -2.19. The van der Waals surface area contributed by atoms with E-state index in [9.17, 15) is 14.4 Å². The fraction of sp³-hybridized carbons (Fsp3) is 0.240. The van der Waals surface area contributed by atoms with Crippen LogP contribution in [0.5, 0.6) is 0 Å². The first-order valence-corrected chi connectivity index (χ1v) is 10.3. The lowest BCUT2D eigenvalue weighted by atomic mass is 10.1. The van der Waals surface area contributed by atoms with Crippen molar-refractivity contribution in [1.82, 2.24) is 5.32 Å². The maximum absolute atomic E-state index is 12.6. The number of fused-ring (bicyclic) bond motifs is 1. The molecule has 0 unspecified atom stereocenters. The van der Waals surface area contributed by atoms with Crippen LogP contribution in [0.4, 0.5) is 5.69 Å². The Bertz CT molecular complexity index is 1110. The molecule has 3 aromatic carbocycles. The van der Waals surface area contributed by atoms with Crippen molar-refractivity contribution >= 4 is 34.2 Å². The Balaban J connectivity index is 1.35. The van der Waals surface area contributed by atoms with E-state index in [1.54, 1.807) is 4.90 Å². The van der Waals surface area contributed by atoms with E-state index in [0.717, 1.165) is 22.0 Å². The fourth-order valence-electron chi connectivity index (χ4n) is 3.90. The van der Waals surface area contributed by atoms with E-state index in [1.807, 2.05) is 79.7 Å². The molecule has 3 aromatic rings. The van der Waals surface area contributed by atoms with Gasteiger partial charge in [-0.05, 0) is 23.9 Å². The van der Waals surface area contributed by atoms with Crippen molar-refractivity contribution in [2.75, 3.05) is 18.1 Å². The number of esters is 1. The van der Waals surface area contributed by atoms with Crippen LogP contribution in [-0.4, -0.2) is 30.9 Å². The number of carbonyl (C=O) groups is 3. The SMILES string of the molecule is C[C@H](NC(=O)COC(=O)[C@H]1CC(=O)N(c2cccc3ccccc23)C1)c1ccccc1. The summed E-state index contributed by atoms with van der Waals surface area (Å²) in [4.78, 5) is 38.9. The summed E-state index contributed by atoms with van der Waals surface area (Å²) in [5, 5.41) is 4.80. The highest BCUT2D eigenvalue weighted by molar-refractivity contribution is 6.06. The van der Waals surface area contributed by atoms with E-state index in [1.165, 1.54) is 0 Å². The van der Waals surface area contributed by atoms with E-state index >= 15 is 0 Å². The Kier molecular flexibility index (Phi) is 5.98. The molecule has 4 rings (SSSR count). The number of rotatable bonds is 6. The molecule has 6 heteroatoms. The largest absolute Gasteiger partial charge is 0.455 e. The predicted octanol–water partition coefficient (Wildman–Crippen LogP) is 3.61.